The van der Waals surface area contributed by atoms with E-state index in [1.807, 2.05) is 48.5 Å². The standard InChI is InChI=1S/C50H22B8O/c51-43-39-37(31-20-19-30(28-14-5-6-15-29(28)31)27-16-7-12-23-9-3-4-13-26(23)27)40-42(46(54)50(58)48(56)44(40)52)38(41(39)45(53)49(57)47(43)55)32-17-8-18-34-36(32)33-21-24-10-1-2-11-25(24)22-35(33)59-34/h1-22H. The van der Waals surface area contributed by atoms with Gasteiger partial charge in [0.1, 0.15) is 73.9 Å². The molecule has 0 aliphatic heterocycles. The molecule has 0 aliphatic carbocycles. The van der Waals surface area contributed by atoms with E-state index in [4.69, 9.17) is 67.2 Å². The molecule has 1 nitrogen and oxygen atoms in total. The van der Waals surface area contributed by atoms with Gasteiger partial charge < -0.3 is 4.42 Å². The van der Waals surface area contributed by atoms with Gasteiger partial charge in [-0.25, -0.2) is 0 Å². The van der Waals surface area contributed by atoms with Crippen molar-refractivity contribution >= 4 is 182 Å². The maximum absolute atomic E-state index is 7.19. The molecule has 11 aromatic rings. The van der Waals surface area contributed by atoms with E-state index in [1.54, 1.807) is 0 Å². The molecule has 11 rings (SSSR count). The topological polar surface area (TPSA) is 13.1 Å². The summed E-state index contributed by atoms with van der Waals surface area (Å²) in [6.45, 7) is 0. The molecule has 0 fully saturated rings. The quantitative estimate of drug-likeness (QED) is 0.190. The van der Waals surface area contributed by atoms with E-state index in [2.05, 4.69) is 84.9 Å². The third kappa shape index (κ3) is 5.04. The summed E-state index contributed by atoms with van der Waals surface area (Å²) in [4.78, 5) is 0. The van der Waals surface area contributed by atoms with Crippen molar-refractivity contribution in [2.45, 2.75) is 0 Å². The molecule has 0 bridgehead atoms. The Kier molecular flexibility index (Phi) is 8.02. The molecule has 9 heteroatoms. The first-order chi connectivity index (χ1) is 28.6. The fraction of sp³-hybridized carbons (Fsp3) is 0. The van der Waals surface area contributed by atoms with Crippen molar-refractivity contribution in [2.75, 3.05) is 0 Å². The summed E-state index contributed by atoms with van der Waals surface area (Å²) in [5, 5.41) is 10.3. The van der Waals surface area contributed by atoms with E-state index in [9.17, 15) is 0 Å². The van der Waals surface area contributed by atoms with Crippen LogP contribution in [0, 0.1) is 0 Å². The molecule has 1 aromatic heterocycles. The lowest BCUT2D eigenvalue weighted by molar-refractivity contribution is 0.669. The van der Waals surface area contributed by atoms with E-state index in [0.29, 0.717) is 38.3 Å². The van der Waals surface area contributed by atoms with E-state index < -0.39 is 0 Å². The van der Waals surface area contributed by atoms with Gasteiger partial charge in [-0.1, -0.05) is 137 Å². The van der Waals surface area contributed by atoms with Crippen LogP contribution in [0.2, 0.25) is 0 Å². The minimum atomic E-state index is 0.155. The lowest BCUT2D eigenvalue weighted by atomic mass is 9.59. The average Bonchev–Trinajstić information content (AvgIpc) is 3.64. The zero-order valence-corrected chi connectivity index (χ0v) is 31.7. The van der Waals surface area contributed by atoms with E-state index in [1.165, 1.54) is 0 Å². The van der Waals surface area contributed by atoms with Crippen molar-refractivity contribution in [1.29, 1.82) is 0 Å². The Balaban J connectivity index is 1.36. The molecular formula is C50H22B8O. The van der Waals surface area contributed by atoms with Crippen molar-refractivity contribution < 1.29 is 4.42 Å². The summed E-state index contributed by atoms with van der Waals surface area (Å²) in [5.41, 5.74) is 8.01. The summed E-state index contributed by atoms with van der Waals surface area (Å²) in [6.07, 6.45) is 0. The molecule has 10 aromatic carbocycles. The smallest absolute Gasteiger partial charge is 0.136 e. The van der Waals surface area contributed by atoms with Crippen molar-refractivity contribution in [2.24, 2.45) is 0 Å². The highest BCUT2D eigenvalue weighted by molar-refractivity contribution is 6.71. The summed E-state index contributed by atoms with van der Waals surface area (Å²) in [5.74, 6) is 0. The summed E-state index contributed by atoms with van der Waals surface area (Å²) in [7, 11) is 55.8. The molecule has 252 valence electrons. The summed E-state index contributed by atoms with van der Waals surface area (Å²) < 4.78 is 6.55. The Labute approximate surface area is 351 Å². The summed E-state index contributed by atoms with van der Waals surface area (Å²) in [6, 6.07) is 45.5. The van der Waals surface area contributed by atoms with Crippen LogP contribution in [0.3, 0.4) is 0 Å². The molecule has 0 atom stereocenters. The first-order valence-electron chi connectivity index (χ1n) is 19.3. The van der Waals surface area contributed by atoms with Crippen molar-refractivity contribution in [3.05, 3.63) is 133 Å². The number of hydrogen-bond donors (Lipinski definition) is 0. The first kappa shape index (κ1) is 35.9. The zero-order chi connectivity index (χ0) is 40.4. The fourth-order valence-electron chi connectivity index (χ4n) is 9.42. The highest BCUT2D eigenvalue weighted by Crippen LogP contribution is 2.47. The van der Waals surface area contributed by atoms with Crippen LogP contribution in [0.1, 0.15) is 0 Å². The third-order valence-corrected chi connectivity index (χ3v) is 12.2. The predicted octanol–water partition coefficient (Wildman–Crippen LogP) is 4.70. The Morgan fingerprint density at radius 1 is 0.271 bits per heavy atom. The molecule has 59 heavy (non-hydrogen) atoms. The molecule has 0 N–H and O–H groups in total. The van der Waals surface area contributed by atoms with Crippen LogP contribution >= 0.6 is 0 Å². The number of rotatable bonds is 3. The van der Waals surface area contributed by atoms with Gasteiger partial charge in [0, 0.05) is 10.8 Å². The van der Waals surface area contributed by atoms with Crippen molar-refractivity contribution in [1.82, 2.24) is 0 Å². The lowest BCUT2D eigenvalue weighted by Crippen LogP contribution is -2.50. The number of fused-ring (bicyclic) bond motifs is 8. The first-order valence-corrected chi connectivity index (χ1v) is 19.3. The minimum absolute atomic E-state index is 0.155. The van der Waals surface area contributed by atoms with Gasteiger partial charge in [-0.2, -0.15) is 0 Å². The van der Waals surface area contributed by atoms with Crippen LogP contribution in [0.25, 0.3) is 109 Å². The van der Waals surface area contributed by atoms with Crippen molar-refractivity contribution in [3.63, 3.8) is 0 Å². The van der Waals surface area contributed by atoms with Gasteiger partial charge >= 0.3 is 0 Å². The predicted molar refractivity (Wildman–Crippen MR) is 261 cm³/mol. The highest BCUT2D eigenvalue weighted by Gasteiger charge is 2.27. The normalized spacial score (nSPS) is 11.9. The average molecular weight is 725 g/mol. The maximum atomic E-state index is 7.19. The Morgan fingerprint density at radius 2 is 0.695 bits per heavy atom. The molecular weight excluding hydrogens is 703 g/mol. The van der Waals surface area contributed by atoms with Gasteiger partial charge in [-0.15, -0.1) is 21.9 Å². The second kappa shape index (κ2) is 13.2. The number of hydrogen-bond acceptors (Lipinski definition) is 1. The highest BCUT2D eigenvalue weighted by atomic mass is 16.3. The lowest BCUT2D eigenvalue weighted by Gasteiger charge is -2.29. The van der Waals surface area contributed by atoms with E-state index in [-0.39, 0.29) is 43.7 Å². The van der Waals surface area contributed by atoms with Crippen LogP contribution in [0.5, 0.6) is 0 Å². The van der Waals surface area contributed by atoms with Gasteiger partial charge in [0.25, 0.3) is 0 Å². The Morgan fingerprint density at radius 3 is 1.31 bits per heavy atom. The number of benzene rings is 10. The molecule has 0 unspecified atom stereocenters. The zero-order valence-electron chi connectivity index (χ0n) is 31.7. The Bertz CT molecular complexity index is 3580. The Hall–Kier alpha value is -6.18. The largest absolute Gasteiger partial charge is 0.456 e. The van der Waals surface area contributed by atoms with Crippen LogP contribution in [-0.4, -0.2) is 62.8 Å². The van der Waals surface area contributed by atoms with Crippen LogP contribution in [-0.2, 0) is 0 Å². The molecule has 0 spiro atoms. The maximum Gasteiger partial charge on any atom is 0.136 e. The summed E-state index contributed by atoms with van der Waals surface area (Å²) >= 11 is 0. The third-order valence-electron chi connectivity index (χ3n) is 12.2. The van der Waals surface area contributed by atoms with Gasteiger partial charge in [0.05, 0.1) is 0 Å². The molecule has 0 saturated carbocycles. The SMILES string of the molecule is [B]c1c([B])c([B])c2c(-c3cccc4oc5cc6ccccc6cc5c34)c3c([B])c([B])c([B])c([B])c3c(-c3ccc(-c4cccc5ccccc45)c4ccccc34)c2c1[B]. The van der Waals surface area contributed by atoms with Crippen molar-refractivity contribution in [3.8, 4) is 33.4 Å². The number of furan rings is 1. The fourth-order valence-corrected chi connectivity index (χ4v) is 9.42. The molecule has 0 amide bonds. The van der Waals surface area contributed by atoms with Gasteiger partial charge in [0.15, 0.2) is 0 Å². The van der Waals surface area contributed by atoms with Gasteiger partial charge in [0.2, 0.25) is 0 Å². The van der Waals surface area contributed by atoms with Crippen LogP contribution in [0.4, 0.5) is 0 Å². The van der Waals surface area contributed by atoms with Crippen LogP contribution in [0.15, 0.2) is 138 Å². The van der Waals surface area contributed by atoms with E-state index >= 15 is 0 Å². The second-order valence-electron chi connectivity index (χ2n) is 15.3. The van der Waals surface area contributed by atoms with E-state index in [0.717, 1.165) is 70.9 Å². The van der Waals surface area contributed by atoms with Gasteiger partial charge in [-0.05, 0) is 105 Å². The minimum Gasteiger partial charge on any atom is -0.456 e. The second-order valence-corrected chi connectivity index (χ2v) is 15.3. The molecule has 0 saturated heterocycles. The van der Waals surface area contributed by atoms with Gasteiger partial charge in [-0.3, -0.25) is 0 Å². The molecule has 0 aliphatic rings. The molecule has 1 heterocycles. The monoisotopic (exact) mass is 726 g/mol. The molecule has 16 radical (unpaired) electrons. The van der Waals surface area contributed by atoms with Crippen LogP contribution < -0.4 is 43.7 Å².